The molecule has 0 aliphatic heterocycles. The minimum absolute atomic E-state index is 0.0524. The summed E-state index contributed by atoms with van der Waals surface area (Å²) in [5.41, 5.74) is 0.776. The molecule has 0 saturated heterocycles. The van der Waals surface area contributed by atoms with Crippen molar-refractivity contribution in [3.63, 3.8) is 0 Å². The first-order valence-corrected chi connectivity index (χ1v) is 9.01. The first kappa shape index (κ1) is 20.0. The van der Waals surface area contributed by atoms with Crippen LogP contribution in [0.4, 0.5) is 0 Å². The van der Waals surface area contributed by atoms with Gasteiger partial charge in [-0.2, -0.15) is 0 Å². The van der Waals surface area contributed by atoms with Crippen LogP contribution in [0.25, 0.3) is 0 Å². The molecule has 0 aliphatic rings. The van der Waals surface area contributed by atoms with E-state index in [0.717, 1.165) is 44.1 Å². The first-order valence-electron chi connectivity index (χ1n) is 9.01. The number of rotatable bonds is 12. The fourth-order valence-corrected chi connectivity index (χ4v) is 2.65. The molecule has 0 spiro atoms. The number of aromatic hydroxyl groups is 1. The van der Waals surface area contributed by atoms with E-state index in [2.05, 4.69) is 31.2 Å². The van der Waals surface area contributed by atoms with E-state index in [1.165, 1.54) is 18.9 Å². The van der Waals surface area contributed by atoms with Crippen LogP contribution in [0.15, 0.2) is 42.5 Å². The normalized spacial score (nSPS) is 11.5. The number of aromatic carboxylic acids is 1. The highest BCUT2D eigenvalue weighted by molar-refractivity contribution is 5.92. The molecule has 3 nitrogen and oxygen atoms in total. The van der Waals surface area contributed by atoms with Crippen LogP contribution in [-0.2, 0) is 6.42 Å². The molecule has 1 aromatic carbocycles. The van der Waals surface area contributed by atoms with Gasteiger partial charge in [-0.05, 0) is 50.2 Å². The van der Waals surface area contributed by atoms with Crippen LogP contribution in [0.2, 0.25) is 0 Å². The van der Waals surface area contributed by atoms with E-state index in [-0.39, 0.29) is 11.3 Å². The van der Waals surface area contributed by atoms with Crippen molar-refractivity contribution in [2.75, 3.05) is 0 Å². The second-order valence-electron chi connectivity index (χ2n) is 6.04. The van der Waals surface area contributed by atoms with Gasteiger partial charge in [0, 0.05) is 0 Å². The molecule has 3 heteroatoms. The standard InChI is InChI=1S/C21H30O3/c1-2-3-4-5-6-7-8-9-10-11-12-13-15-18-16-14-17-19(22)20(18)21(23)24/h4-5,7-8,14,16-17,22H,2-3,6,9-13,15H2,1H3,(H,23,24)/b5-4-,8-7-. The summed E-state index contributed by atoms with van der Waals surface area (Å²) in [6.45, 7) is 2.18. The summed E-state index contributed by atoms with van der Waals surface area (Å²) in [4.78, 5) is 11.2. The van der Waals surface area contributed by atoms with E-state index >= 15 is 0 Å². The zero-order chi connectivity index (χ0) is 17.6. The van der Waals surface area contributed by atoms with E-state index in [1.54, 1.807) is 12.1 Å². The number of carboxylic acid groups (broad SMARTS) is 1. The van der Waals surface area contributed by atoms with E-state index in [9.17, 15) is 9.90 Å². The van der Waals surface area contributed by atoms with Crippen molar-refractivity contribution >= 4 is 5.97 Å². The summed E-state index contributed by atoms with van der Waals surface area (Å²) in [6.07, 6.45) is 18.5. The lowest BCUT2D eigenvalue weighted by Crippen LogP contribution is -2.03. The van der Waals surface area contributed by atoms with Gasteiger partial charge in [-0.1, -0.05) is 62.6 Å². The highest BCUT2D eigenvalue weighted by atomic mass is 16.4. The van der Waals surface area contributed by atoms with Crippen LogP contribution < -0.4 is 0 Å². The topological polar surface area (TPSA) is 57.5 Å². The van der Waals surface area contributed by atoms with Gasteiger partial charge >= 0.3 is 5.97 Å². The number of unbranched alkanes of at least 4 members (excludes halogenated alkanes) is 5. The molecule has 24 heavy (non-hydrogen) atoms. The number of carbonyl (C=O) groups is 1. The molecule has 0 fully saturated rings. The van der Waals surface area contributed by atoms with E-state index in [1.807, 2.05) is 0 Å². The molecule has 0 radical (unpaired) electrons. The van der Waals surface area contributed by atoms with E-state index in [0.29, 0.717) is 6.42 Å². The Morgan fingerprint density at radius 1 is 1.00 bits per heavy atom. The Hall–Kier alpha value is -2.03. The van der Waals surface area contributed by atoms with Gasteiger partial charge in [-0.15, -0.1) is 0 Å². The lowest BCUT2D eigenvalue weighted by atomic mass is 10.00. The second kappa shape index (κ2) is 12.4. The fourth-order valence-electron chi connectivity index (χ4n) is 2.65. The molecule has 2 N–H and O–H groups in total. The lowest BCUT2D eigenvalue weighted by molar-refractivity contribution is 0.0692. The Morgan fingerprint density at radius 3 is 2.42 bits per heavy atom. The Bertz CT molecular complexity index is 544. The van der Waals surface area contributed by atoms with Crippen LogP contribution in [0.1, 0.15) is 74.2 Å². The Balaban J connectivity index is 2.16. The number of hydrogen-bond acceptors (Lipinski definition) is 2. The first-order chi connectivity index (χ1) is 11.7. The molecular weight excluding hydrogens is 300 g/mol. The number of aryl methyl sites for hydroxylation is 1. The molecule has 1 aromatic rings. The van der Waals surface area contributed by atoms with Gasteiger partial charge in [0.2, 0.25) is 0 Å². The summed E-state index contributed by atoms with van der Waals surface area (Å²) in [5.74, 6) is -1.20. The molecule has 0 atom stereocenters. The third-order valence-electron chi connectivity index (χ3n) is 3.97. The average Bonchev–Trinajstić information content (AvgIpc) is 2.55. The van der Waals surface area contributed by atoms with E-state index in [4.69, 9.17) is 5.11 Å². The van der Waals surface area contributed by atoms with Gasteiger partial charge in [0.25, 0.3) is 0 Å². The Labute approximate surface area is 145 Å². The van der Waals surface area contributed by atoms with Crippen LogP contribution >= 0.6 is 0 Å². The largest absolute Gasteiger partial charge is 0.507 e. The molecule has 0 aliphatic carbocycles. The van der Waals surface area contributed by atoms with Gasteiger partial charge in [0.1, 0.15) is 11.3 Å². The molecule has 132 valence electrons. The van der Waals surface area contributed by atoms with Crippen molar-refractivity contribution in [3.8, 4) is 5.75 Å². The van der Waals surface area contributed by atoms with Crippen molar-refractivity contribution in [2.45, 2.75) is 64.7 Å². The van der Waals surface area contributed by atoms with Crippen molar-refractivity contribution in [2.24, 2.45) is 0 Å². The number of phenols is 1. The summed E-state index contributed by atoms with van der Waals surface area (Å²) in [5, 5.41) is 18.8. The number of hydrogen-bond donors (Lipinski definition) is 2. The SMILES string of the molecule is CCC/C=C\C/C=C\CCCCCCc1cccc(O)c1C(=O)O. The molecular formula is C21H30O3. The molecule has 0 bridgehead atoms. The number of benzene rings is 1. The predicted octanol–water partition coefficient (Wildman–Crippen LogP) is 5.89. The van der Waals surface area contributed by atoms with Crippen LogP contribution in [0.3, 0.4) is 0 Å². The maximum Gasteiger partial charge on any atom is 0.339 e. The minimum Gasteiger partial charge on any atom is -0.507 e. The van der Waals surface area contributed by atoms with Crippen LogP contribution in [-0.4, -0.2) is 16.2 Å². The highest BCUT2D eigenvalue weighted by Crippen LogP contribution is 2.22. The van der Waals surface area contributed by atoms with Gasteiger partial charge < -0.3 is 10.2 Å². The van der Waals surface area contributed by atoms with Gasteiger partial charge in [-0.25, -0.2) is 4.79 Å². The summed E-state index contributed by atoms with van der Waals surface area (Å²) >= 11 is 0. The van der Waals surface area contributed by atoms with Crippen LogP contribution in [0.5, 0.6) is 5.75 Å². The summed E-state index contributed by atoms with van der Waals surface area (Å²) < 4.78 is 0. The van der Waals surface area contributed by atoms with Gasteiger partial charge in [0.05, 0.1) is 0 Å². The Kier molecular flexibility index (Phi) is 10.3. The molecule has 0 amide bonds. The van der Waals surface area contributed by atoms with E-state index < -0.39 is 5.97 Å². The quantitative estimate of drug-likeness (QED) is 0.371. The van der Waals surface area contributed by atoms with Gasteiger partial charge in [0.15, 0.2) is 0 Å². The summed E-state index contributed by atoms with van der Waals surface area (Å²) in [7, 11) is 0. The molecule has 0 saturated carbocycles. The van der Waals surface area contributed by atoms with Crippen molar-refractivity contribution < 1.29 is 15.0 Å². The molecule has 0 unspecified atom stereocenters. The molecule has 0 aromatic heterocycles. The van der Waals surface area contributed by atoms with Gasteiger partial charge in [-0.3, -0.25) is 0 Å². The minimum atomic E-state index is -1.05. The fraction of sp³-hybridized carbons (Fsp3) is 0.476. The molecule has 1 rings (SSSR count). The smallest absolute Gasteiger partial charge is 0.339 e. The second-order valence-corrected chi connectivity index (χ2v) is 6.04. The zero-order valence-electron chi connectivity index (χ0n) is 14.7. The molecule has 0 heterocycles. The monoisotopic (exact) mass is 330 g/mol. The Morgan fingerprint density at radius 2 is 1.71 bits per heavy atom. The lowest BCUT2D eigenvalue weighted by Gasteiger charge is -2.07. The third-order valence-corrected chi connectivity index (χ3v) is 3.97. The van der Waals surface area contributed by atoms with Crippen molar-refractivity contribution in [3.05, 3.63) is 53.6 Å². The average molecular weight is 330 g/mol. The summed E-state index contributed by atoms with van der Waals surface area (Å²) in [6, 6.07) is 4.92. The predicted molar refractivity (Wildman–Crippen MR) is 99.7 cm³/mol. The number of carboxylic acids is 1. The maximum absolute atomic E-state index is 11.2. The zero-order valence-corrected chi connectivity index (χ0v) is 14.7. The van der Waals surface area contributed by atoms with Crippen LogP contribution in [0, 0.1) is 0 Å². The van der Waals surface area contributed by atoms with Crippen molar-refractivity contribution in [1.82, 2.24) is 0 Å². The maximum atomic E-state index is 11.2. The highest BCUT2D eigenvalue weighted by Gasteiger charge is 2.14. The van der Waals surface area contributed by atoms with Crippen molar-refractivity contribution in [1.29, 1.82) is 0 Å². The number of allylic oxidation sites excluding steroid dienone is 4. The third kappa shape index (κ3) is 8.00.